The number of aromatic nitrogens is 3. The van der Waals surface area contributed by atoms with Crippen molar-refractivity contribution in [2.75, 3.05) is 31.1 Å². The molecular formula is C18H25N5O2. The van der Waals surface area contributed by atoms with Crippen LogP contribution in [0.5, 0.6) is 0 Å². The molecule has 3 rings (SSSR count). The maximum atomic E-state index is 12.2. The van der Waals surface area contributed by atoms with Crippen LogP contribution in [-0.4, -0.2) is 57.5 Å². The third-order valence-corrected chi connectivity index (χ3v) is 3.96. The van der Waals surface area contributed by atoms with E-state index in [2.05, 4.69) is 21.0 Å². The molecule has 0 spiro atoms. The van der Waals surface area contributed by atoms with Crippen molar-refractivity contribution < 1.29 is 9.53 Å². The predicted octanol–water partition coefficient (Wildman–Crippen LogP) is 2.63. The van der Waals surface area contributed by atoms with Gasteiger partial charge in [-0.25, -0.2) is 9.48 Å². The summed E-state index contributed by atoms with van der Waals surface area (Å²) >= 11 is 0. The molecule has 0 N–H and O–H groups in total. The van der Waals surface area contributed by atoms with Gasteiger partial charge in [0.1, 0.15) is 11.4 Å². The van der Waals surface area contributed by atoms with Gasteiger partial charge in [0.2, 0.25) is 0 Å². The first-order valence-electron chi connectivity index (χ1n) is 8.53. The third-order valence-electron chi connectivity index (χ3n) is 3.96. The van der Waals surface area contributed by atoms with Crippen LogP contribution in [0.2, 0.25) is 0 Å². The molecule has 3 heterocycles. The van der Waals surface area contributed by atoms with Crippen LogP contribution >= 0.6 is 0 Å². The van der Waals surface area contributed by atoms with Gasteiger partial charge in [0.25, 0.3) is 0 Å². The first kappa shape index (κ1) is 17.3. The molecule has 2 aromatic heterocycles. The Hall–Kier alpha value is -2.57. The molecule has 0 atom stereocenters. The van der Waals surface area contributed by atoms with Crippen LogP contribution < -0.4 is 4.90 Å². The number of aryl methyl sites for hydroxylation is 1. The fraction of sp³-hybridized carbons (Fsp3) is 0.500. The molecule has 0 aliphatic carbocycles. The molecule has 1 saturated heterocycles. The molecule has 1 aliphatic heterocycles. The Kier molecular flexibility index (Phi) is 4.65. The van der Waals surface area contributed by atoms with Crippen LogP contribution in [0.3, 0.4) is 0 Å². The topological polar surface area (TPSA) is 63.5 Å². The molecule has 1 amide bonds. The van der Waals surface area contributed by atoms with Gasteiger partial charge < -0.3 is 14.5 Å². The molecule has 0 saturated carbocycles. The molecule has 1 fully saturated rings. The zero-order valence-corrected chi connectivity index (χ0v) is 15.3. The van der Waals surface area contributed by atoms with Crippen molar-refractivity contribution >= 4 is 11.9 Å². The Balaban J connectivity index is 1.71. The van der Waals surface area contributed by atoms with Crippen molar-refractivity contribution in [3.05, 3.63) is 36.3 Å². The standard InChI is InChI=1S/C18H25N5O2/c1-14-12-16(23(20-14)15-6-5-7-19-13-15)21-8-10-22(11-9-21)17(24)25-18(2,3)4/h5-7,12-13H,8-11H2,1-4H3. The molecule has 0 bridgehead atoms. The summed E-state index contributed by atoms with van der Waals surface area (Å²) < 4.78 is 7.37. The average Bonchev–Trinajstić information content (AvgIpc) is 2.96. The molecule has 1 aliphatic rings. The van der Waals surface area contributed by atoms with Crippen molar-refractivity contribution in [2.24, 2.45) is 0 Å². The molecule has 134 valence electrons. The zero-order chi connectivity index (χ0) is 18.0. The zero-order valence-electron chi connectivity index (χ0n) is 15.3. The number of pyridine rings is 1. The van der Waals surface area contributed by atoms with E-state index < -0.39 is 5.60 Å². The van der Waals surface area contributed by atoms with Crippen LogP contribution in [0.15, 0.2) is 30.6 Å². The molecular weight excluding hydrogens is 318 g/mol. The number of carbonyl (C=O) groups excluding carboxylic acids is 1. The first-order chi connectivity index (χ1) is 11.8. The summed E-state index contributed by atoms with van der Waals surface area (Å²) in [7, 11) is 0. The quantitative estimate of drug-likeness (QED) is 0.839. The van der Waals surface area contributed by atoms with E-state index in [0.29, 0.717) is 13.1 Å². The van der Waals surface area contributed by atoms with Crippen LogP contribution in [0.1, 0.15) is 26.5 Å². The molecule has 7 nitrogen and oxygen atoms in total. The van der Waals surface area contributed by atoms with Gasteiger partial charge in [-0.15, -0.1) is 0 Å². The Morgan fingerprint density at radius 2 is 1.92 bits per heavy atom. The second-order valence-electron chi connectivity index (χ2n) is 7.22. The molecule has 0 aromatic carbocycles. The minimum absolute atomic E-state index is 0.246. The minimum atomic E-state index is -0.468. The largest absolute Gasteiger partial charge is 0.444 e. The van der Waals surface area contributed by atoms with Gasteiger partial charge in [0.05, 0.1) is 17.6 Å². The highest BCUT2D eigenvalue weighted by molar-refractivity contribution is 5.68. The Bertz CT molecular complexity index is 728. The van der Waals surface area contributed by atoms with Crippen LogP contribution in [0.4, 0.5) is 10.6 Å². The minimum Gasteiger partial charge on any atom is -0.444 e. The van der Waals surface area contributed by atoms with E-state index in [-0.39, 0.29) is 6.09 Å². The number of nitrogens with zero attached hydrogens (tertiary/aromatic N) is 5. The molecule has 7 heteroatoms. The molecule has 2 aromatic rings. The van der Waals surface area contributed by atoms with Crippen LogP contribution in [-0.2, 0) is 4.74 Å². The van der Waals surface area contributed by atoms with Gasteiger partial charge in [0, 0.05) is 38.4 Å². The lowest BCUT2D eigenvalue weighted by Crippen LogP contribution is -2.50. The SMILES string of the molecule is Cc1cc(N2CCN(C(=O)OC(C)(C)C)CC2)n(-c2cccnc2)n1. The number of amides is 1. The number of hydrogen-bond acceptors (Lipinski definition) is 5. The summed E-state index contributed by atoms with van der Waals surface area (Å²) in [5, 5.41) is 4.59. The van der Waals surface area contributed by atoms with E-state index in [1.165, 1.54) is 0 Å². The fourth-order valence-corrected chi connectivity index (χ4v) is 2.82. The number of anilines is 1. The van der Waals surface area contributed by atoms with Gasteiger partial charge in [-0.05, 0) is 39.8 Å². The lowest BCUT2D eigenvalue weighted by Gasteiger charge is -2.36. The van der Waals surface area contributed by atoms with Gasteiger partial charge in [0.15, 0.2) is 0 Å². The van der Waals surface area contributed by atoms with E-state index in [4.69, 9.17) is 4.74 Å². The van der Waals surface area contributed by atoms with E-state index in [1.807, 2.05) is 44.5 Å². The highest BCUT2D eigenvalue weighted by Gasteiger charge is 2.27. The Morgan fingerprint density at radius 3 is 2.52 bits per heavy atom. The summed E-state index contributed by atoms with van der Waals surface area (Å²) in [5.74, 6) is 1.02. The summed E-state index contributed by atoms with van der Waals surface area (Å²) in [5.41, 5.74) is 1.41. The summed E-state index contributed by atoms with van der Waals surface area (Å²) in [6.07, 6.45) is 3.30. The normalized spacial score (nSPS) is 15.4. The number of hydrogen-bond donors (Lipinski definition) is 0. The van der Waals surface area contributed by atoms with Gasteiger partial charge in [-0.3, -0.25) is 4.98 Å². The van der Waals surface area contributed by atoms with Crippen LogP contribution in [0.25, 0.3) is 5.69 Å². The second kappa shape index (κ2) is 6.74. The highest BCUT2D eigenvalue weighted by atomic mass is 16.6. The smallest absolute Gasteiger partial charge is 0.410 e. The van der Waals surface area contributed by atoms with Gasteiger partial charge in [-0.1, -0.05) is 0 Å². The second-order valence-corrected chi connectivity index (χ2v) is 7.22. The van der Waals surface area contributed by atoms with E-state index >= 15 is 0 Å². The lowest BCUT2D eigenvalue weighted by molar-refractivity contribution is 0.0240. The fourth-order valence-electron chi connectivity index (χ4n) is 2.82. The van der Waals surface area contributed by atoms with Crippen molar-refractivity contribution in [1.29, 1.82) is 0 Å². The first-order valence-corrected chi connectivity index (χ1v) is 8.53. The van der Waals surface area contributed by atoms with Crippen molar-refractivity contribution in [3.63, 3.8) is 0 Å². The predicted molar refractivity (Wildman–Crippen MR) is 96.1 cm³/mol. The maximum absolute atomic E-state index is 12.2. The summed E-state index contributed by atoms with van der Waals surface area (Å²) in [6, 6.07) is 5.95. The van der Waals surface area contributed by atoms with E-state index in [0.717, 1.165) is 30.3 Å². The van der Waals surface area contributed by atoms with Gasteiger partial charge in [-0.2, -0.15) is 5.10 Å². The maximum Gasteiger partial charge on any atom is 0.410 e. The summed E-state index contributed by atoms with van der Waals surface area (Å²) in [4.78, 5) is 20.4. The number of piperazine rings is 1. The van der Waals surface area contributed by atoms with Crippen molar-refractivity contribution in [1.82, 2.24) is 19.7 Å². The number of carbonyl (C=O) groups is 1. The molecule has 25 heavy (non-hydrogen) atoms. The van der Waals surface area contributed by atoms with Crippen LogP contribution in [0, 0.1) is 6.92 Å². The Labute approximate surface area is 148 Å². The van der Waals surface area contributed by atoms with E-state index in [1.54, 1.807) is 17.3 Å². The van der Waals surface area contributed by atoms with Crippen molar-refractivity contribution in [2.45, 2.75) is 33.3 Å². The number of rotatable bonds is 2. The average molecular weight is 343 g/mol. The molecule has 0 unspecified atom stereocenters. The number of ether oxygens (including phenoxy) is 1. The molecule has 0 radical (unpaired) electrons. The monoisotopic (exact) mass is 343 g/mol. The van der Waals surface area contributed by atoms with E-state index in [9.17, 15) is 4.79 Å². The summed E-state index contributed by atoms with van der Waals surface area (Å²) in [6.45, 7) is 10.4. The Morgan fingerprint density at radius 1 is 1.20 bits per heavy atom. The highest BCUT2D eigenvalue weighted by Crippen LogP contribution is 2.22. The van der Waals surface area contributed by atoms with Crippen molar-refractivity contribution in [3.8, 4) is 5.69 Å². The lowest BCUT2D eigenvalue weighted by atomic mass is 10.2. The van der Waals surface area contributed by atoms with Gasteiger partial charge >= 0.3 is 6.09 Å². The third kappa shape index (κ3) is 4.10.